The van der Waals surface area contributed by atoms with E-state index < -0.39 is 0 Å². The molecular weight excluding hydrogens is 500 g/mol. The van der Waals surface area contributed by atoms with E-state index in [9.17, 15) is 5.11 Å². The molecule has 0 aromatic carbocycles. The molecule has 1 unspecified atom stereocenters. The summed E-state index contributed by atoms with van der Waals surface area (Å²) in [4.78, 5) is 0. The third-order valence-electron chi connectivity index (χ3n) is 10.6. The van der Waals surface area contributed by atoms with Gasteiger partial charge in [-0.3, -0.25) is 0 Å². The van der Waals surface area contributed by atoms with Gasteiger partial charge < -0.3 is 5.11 Å². The number of rotatable bonds is 6. The minimum atomic E-state index is -0.0847. The number of fused-ring (bicyclic) bond motifs is 5. The van der Waals surface area contributed by atoms with Crippen LogP contribution in [0, 0.1) is 46.3 Å². The lowest BCUT2D eigenvalue weighted by atomic mass is 9.47. The first-order valence-electron chi connectivity index (χ1n) is 12.8. The van der Waals surface area contributed by atoms with Gasteiger partial charge in [-0.25, -0.2) is 0 Å². The van der Waals surface area contributed by atoms with E-state index in [0.717, 1.165) is 42.4 Å². The summed E-state index contributed by atoms with van der Waals surface area (Å²) >= 11 is 7.38. The quantitative estimate of drug-likeness (QED) is 0.263. The van der Waals surface area contributed by atoms with Crippen molar-refractivity contribution in [3.8, 4) is 0 Å². The number of aliphatic hydroxyl groups is 1. The van der Waals surface area contributed by atoms with E-state index in [1.165, 1.54) is 57.8 Å². The van der Waals surface area contributed by atoms with Crippen LogP contribution in [-0.4, -0.2) is 14.9 Å². The molecule has 0 aromatic rings. The Morgan fingerprint density at radius 3 is 2.53 bits per heavy atom. The van der Waals surface area contributed by atoms with Gasteiger partial charge in [-0.05, 0) is 104 Å². The van der Waals surface area contributed by atoms with Crippen LogP contribution in [0.5, 0.6) is 0 Å². The molecule has 0 bridgehead atoms. The first-order valence-corrected chi connectivity index (χ1v) is 14.7. The highest BCUT2D eigenvalue weighted by molar-refractivity contribution is 9.24. The van der Waals surface area contributed by atoms with Gasteiger partial charge in [0, 0.05) is 0 Å². The van der Waals surface area contributed by atoms with E-state index in [1.54, 1.807) is 5.57 Å². The lowest BCUT2D eigenvalue weighted by Gasteiger charge is -2.58. The fraction of sp³-hybridized carbons (Fsp3) is 0.926. The van der Waals surface area contributed by atoms with Crippen molar-refractivity contribution in [2.75, 3.05) is 0 Å². The van der Waals surface area contributed by atoms with Crippen LogP contribution in [0.25, 0.3) is 0 Å². The second kappa shape index (κ2) is 9.13. The Kier molecular flexibility index (Phi) is 7.24. The third-order valence-corrected chi connectivity index (χ3v) is 12.4. The Bertz CT molecular complexity index is 645. The molecule has 4 rings (SSSR count). The molecule has 0 heterocycles. The van der Waals surface area contributed by atoms with Crippen LogP contribution in [0.3, 0.4) is 0 Å². The van der Waals surface area contributed by atoms with E-state index in [-0.39, 0.29) is 6.10 Å². The Hall–Kier alpha value is 0.660. The summed E-state index contributed by atoms with van der Waals surface area (Å²) in [5, 5.41) is 10.2. The topological polar surface area (TPSA) is 20.2 Å². The third kappa shape index (κ3) is 4.15. The predicted molar refractivity (Wildman–Crippen MR) is 135 cm³/mol. The van der Waals surface area contributed by atoms with Crippen molar-refractivity contribution in [1.82, 2.24) is 0 Å². The summed E-state index contributed by atoms with van der Waals surface area (Å²) in [6, 6.07) is 0. The number of halogens is 2. The number of allylic oxidation sites excluding steroid dienone is 1. The lowest BCUT2D eigenvalue weighted by molar-refractivity contribution is -0.0573. The molecule has 1 N–H and O–H groups in total. The van der Waals surface area contributed by atoms with Crippen molar-refractivity contribution in [3.05, 3.63) is 11.6 Å². The van der Waals surface area contributed by atoms with Crippen molar-refractivity contribution in [2.45, 2.75) is 108 Å². The predicted octanol–water partition coefficient (Wildman–Crippen LogP) is 8.48. The molecule has 0 aliphatic heterocycles. The molecule has 3 heteroatoms. The van der Waals surface area contributed by atoms with Crippen molar-refractivity contribution in [3.63, 3.8) is 0 Å². The van der Waals surface area contributed by atoms with Gasteiger partial charge >= 0.3 is 0 Å². The first-order chi connectivity index (χ1) is 14.2. The maximum Gasteiger partial charge on any atom is 0.0723 e. The molecule has 3 fully saturated rings. The Labute approximate surface area is 202 Å². The highest BCUT2D eigenvalue weighted by Crippen LogP contribution is 2.67. The van der Waals surface area contributed by atoms with Gasteiger partial charge in [-0.15, -0.1) is 0 Å². The standard InChI is InChI=1S/C27H44Br2O/c1-17(6-5-7-18(2)25(28)29)22-10-11-23-21-9-8-19-16-20(30)12-14-26(19,3)24(21)13-15-27(22,23)4/h8,17-18,20-25,30H,5-7,9-16H2,1-4H3/t17-,18?,20+,21+,22-,23+,24+,26+,27-/m1/s1. The number of aliphatic hydroxyl groups excluding tert-OH is 1. The average Bonchev–Trinajstić information content (AvgIpc) is 3.05. The molecular formula is C27H44Br2O. The molecule has 4 aliphatic carbocycles. The van der Waals surface area contributed by atoms with Crippen molar-refractivity contribution < 1.29 is 5.11 Å². The molecule has 1 nitrogen and oxygen atoms in total. The highest BCUT2D eigenvalue weighted by atomic mass is 79.9. The van der Waals surface area contributed by atoms with Crippen LogP contribution in [0.2, 0.25) is 0 Å². The molecule has 0 aromatic heterocycles. The van der Waals surface area contributed by atoms with Crippen molar-refractivity contribution in [1.29, 1.82) is 0 Å². The molecule has 30 heavy (non-hydrogen) atoms. The summed E-state index contributed by atoms with van der Waals surface area (Å²) in [6.07, 6.45) is 16.9. The van der Waals surface area contributed by atoms with E-state index in [2.05, 4.69) is 65.6 Å². The van der Waals surface area contributed by atoms with Gasteiger partial charge in [0.05, 0.1) is 9.84 Å². The van der Waals surface area contributed by atoms with Gasteiger partial charge in [-0.2, -0.15) is 0 Å². The average molecular weight is 544 g/mol. The molecule has 3 saturated carbocycles. The fourth-order valence-electron chi connectivity index (χ4n) is 8.71. The van der Waals surface area contributed by atoms with Gasteiger partial charge in [0.25, 0.3) is 0 Å². The molecule has 0 spiro atoms. The van der Waals surface area contributed by atoms with E-state index in [0.29, 0.717) is 20.5 Å². The molecule has 172 valence electrons. The van der Waals surface area contributed by atoms with E-state index in [1.807, 2.05) is 0 Å². The Morgan fingerprint density at radius 2 is 1.80 bits per heavy atom. The molecule has 0 radical (unpaired) electrons. The largest absolute Gasteiger partial charge is 0.393 e. The minimum absolute atomic E-state index is 0.0847. The van der Waals surface area contributed by atoms with E-state index in [4.69, 9.17) is 0 Å². The van der Waals surface area contributed by atoms with Crippen LogP contribution in [0.15, 0.2) is 11.6 Å². The normalized spacial score (nSPS) is 45.3. The summed E-state index contributed by atoms with van der Waals surface area (Å²) in [5.74, 6) is 5.19. The second-order valence-electron chi connectivity index (χ2n) is 12.1. The number of hydrogen-bond acceptors (Lipinski definition) is 1. The Morgan fingerprint density at radius 1 is 1.03 bits per heavy atom. The molecule has 4 aliphatic rings. The van der Waals surface area contributed by atoms with Gasteiger partial charge in [0.1, 0.15) is 0 Å². The summed E-state index contributed by atoms with van der Waals surface area (Å²) in [7, 11) is 0. The van der Waals surface area contributed by atoms with Gasteiger partial charge in [0.15, 0.2) is 0 Å². The van der Waals surface area contributed by atoms with Gasteiger partial charge in [-0.1, -0.05) is 84.0 Å². The summed E-state index contributed by atoms with van der Waals surface area (Å²) in [6.45, 7) is 10.2. The number of hydrogen-bond donors (Lipinski definition) is 1. The Balaban J connectivity index is 1.44. The highest BCUT2D eigenvalue weighted by Gasteiger charge is 2.59. The first kappa shape index (κ1) is 23.8. The fourth-order valence-corrected chi connectivity index (χ4v) is 9.23. The van der Waals surface area contributed by atoms with Gasteiger partial charge in [0.2, 0.25) is 0 Å². The summed E-state index contributed by atoms with van der Waals surface area (Å²) < 4.78 is 0.454. The SMILES string of the molecule is CC(CCC[C@@H](C)[C@H]1CC[C@H]2[C@@H]3CC=C4C[C@@H](O)CC[C@]4(C)[C@H]3CC[C@]12C)C(Br)Br. The molecule has 0 amide bonds. The van der Waals surface area contributed by atoms with Crippen LogP contribution in [-0.2, 0) is 0 Å². The van der Waals surface area contributed by atoms with Crippen molar-refractivity contribution >= 4 is 31.9 Å². The minimum Gasteiger partial charge on any atom is -0.393 e. The zero-order valence-electron chi connectivity index (χ0n) is 19.7. The van der Waals surface area contributed by atoms with E-state index >= 15 is 0 Å². The summed E-state index contributed by atoms with van der Waals surface area (Å²) in [5.41, 5.74) is 2.56. The molecule has 9 atom stereocenters. The van der Waals surface area contributed by atoms with Crippen LogP contribution >= 0.6 is 31.9 Å². The smallest absolute Gasteiger partial charge is 0.0723 e. The molecule has 0 saturated heterocycles. The van der Waals surface area contributed by atoms with Crippen molar-refractivity contribution in [2.24, 2.45) is 46.3 Å². The monoisotopic (exact) mass is 542 g/mol. The zero-order valence-corrected chi connectivity index (χ0v) is 22.8. The number of alkyl halides is 2. The second-order valence-corrected chi connectivity index (χ2v) is 15.3. The lowest BCUT2D eigenvalue weighted by Crippen LogP contribution is -2.50. The maximum atomic E-state index is 10.2. The van der Waals surface area contributed by atoms with Crippen LogP contribution in [0.1, 0.15) is 98.3 Å². The zero-order chi connectivity index (χ0) is 21.7. The maximum absolute atomic E-state index is 10.2. The van der Waals surface area contributed by atoms with Crippen LogP contribution < -0.4 is 0 Å². The van der Waals surface area contributed by atoms with Crippen LogP contribution in [0.4, 0.5) is 0 Å².